The highest BCUT2D eigenvalue weighted by molar-refractivity contribution is 6.03. The highest BCUT2D eigenvalue weighted by atomic mass is 16.4. The summed E-state index contributed by atoms with van der Waals surface area (Å²) < 4.78 is 1.71. The number of anilines is 1. The Bertz CT molecular complexity index is 575. The number of carboxylic acids is 1. The van der Waals surface area contributed by atoms with Crippen molar-refractivity contribution in [1.82, 2.24) is 14.8 Å². The first kappa shape index (κ1) is 11.3. The van der Waals surface area contributed by atoms with Gasteiger partial charge in [0.2, 0.25) is 0 Å². The van der Waals surface area contributed by atoms with Crippen molar-refractivity contribution in [3.8, 4) is 0 Å². The van der Waals surface area contributed by atoms with E-state index in [1.807, 2.05) is 13.8 Å². The van der Waals surface area contributed by atoms with E-state index in [-0.39, 0.29) is 11.6 Å². The monoisotopic (exact) mass is 235 g/mol. The first-order valence-corrected chi connectivity index (χ1v) is 5.12. The average molecular weight is 235 g/mol. The first-order valence-electron chi connectivity index (χ1n) is 5.12. The zero-order valence-corrected chi connectivity index (χ0v) is 9.51. The molecular formula is C10H13N5O2. The van der Waals surface area contributed by atoms with E-state index in [2.05, 4.69) is 15.5 Å². The number of fused-ring (bicyclic) bond motifs is 1. The number of hydrazine groups is 1. The van der Waals surface area contributed by atoms with Crippen LogP contribution in [-0.2, 0) is 0 Å². The van der Waals surface area contributed by atoms with E-state index in [0.29, 0.717) is 16.7 Å². The van der Waals surface area contributed by atoms with Crippen LogP contribution in [0.2, 0.25) is 0 Å². The SMILES string of the molecule is CC(C)n1ncc2c(NN)c(C(=O)O)cnc21. The number of aromatic carboxylic acids is 1. The molecule has 0 unspecified atom stereocenters. The van der Waals surface area contributed by atoms with Crippen molar-refractivity contribution >= 4 is 22.7 Å². The molecule has 2 heterocycles. The second-order valence-corrected chi connectivity index (χ2v) is 3.92. The molecule has 0 amide bonds. The summed E-state index contributed by atoms with van der Waals surface area (Å²) in [7, 11) is 0. The summed E-state index contributed by atoms with van der Waals surface area (Å²) in [6.07, 6.45) is 2.84. The molecule has 2 aromatic heterocycles. The molecule has 0 aliphatic heterocycles. The maximum Gasteiger partial charge on any atom is 0.339 e. The molecule has 0 aromatic carbocycles. The highest BCUT2D eigenvalue weighted by Gasteiger charge is 2.17. The molecule has 17 heavy (non-hydrogen) atoms. The Labute approximate surface area is 97.2 Å². The Morgan fingerprint density at radius 2 is 2.24 bits per heavy atom. The summed E-state index contributed by atoms with van der Waals surface area (Å²) in [5.74, 6) is 4.28. The zero-order valence-electron chi connectivity index (χ0n) is 9.51. The molecule has 2 rings (SSSR count). The standard InChI is InChI=1S/C10H13N5O2/c1-5(2)15-9-6(4-13-15)8(14-11)7(3-12-9)10(16)17/h3-5H,11H2,1-2H3,(H,12,14)(H,16,17). The van der Waals surface area contributed by atoms with Gasteiger partial charge in [0.25, 0.3) is 0 Å². The summed E-state index contributed by atoms with van der Waals surface area (Å²) in [5, 5.41) is 13.8. The topological polar surface area (TPSA) is 106 Å². The van der Waals surface area contributed by atoms with Gasteiger partial charge in [-0.25, -0.2) is 14.5 Å². The van der Waals surface area contributed by atoms with Crippen LogP contribution in [0.25, 0.3) is 11.0 Å². The predicted molar refractivity (Wildman–Crippen MR) is 62.7 cm³/mol. The Kier molecular flexibility index (Phi) is 2.68. The molecule has 0 spiro atoms. The third kappa shape index (κ3) is 1.70. The van der Waals surface area contributed by atoms with Crippen LogP contribution in [0.4, 0.5) is 5.69 Å². The van der Waals surface area contributed by atoms with E-state index in [0.717, 1.165) is 0 Å². The molecule has 0 aliphatic rings. The molecule has 7 heteroatoms. The summed E-state index contributed by atoms with van der Waals surface area (Å²) in [4.78, 5) is 15.1. The third-order valence-corrected chi connectivity index (χ3v) is 2.49. The van der Waals surface area contributed by atoms with Crippen molar-refractivity contribution in [3.05, 3.63) is 18.0 Å². The maximum atomic E-state index is 11.0. The lowest BCUT2D eigenvalue weighted by atomic mass is 10.2. The van der Waals surface area contributed by atoms with Gasteiger partial charge in [0.1, 0.15) is 5.56 Å². The van der Waals surface area contributed by atoms with Crippen LogP contribution < -0.4 is 11.3 Å². The molecule has 0 saturated heterocycles. The number of carboxylic acid groups (broad SMARTS) is 1. The van der Waals surface area contributed by atoms with Gasteiger partial charge in [0.05, 0.1) is 17.3 Å². The third-order valence-electron chi connectivity index (χ3n) is 2.49. The number of pyridine rings is 1. The summed E-state index contributed by atoms with van der Waals surface area (Å²) in [5.41, 5.74) is 3.37. The predicted octanol–water partition coefficient (Wildman–Crippen LogP) is 0.996. The van der Waals surface area contributed by atoms with Crippen LogP contribution in [0.3, 0.4) is 0 Å². The van der Waals surface area contributed by atoms with Crippen molar-refractivity contribution in [3.63, 3.8) is 0 Å². The van der Waals surface area contributed by atoms with E-state index in [9.17, 15) is 4.79 Å². The number of carbonyl (C=O) groups is 1. The Morgan fingerprint density at radius 3 is 2.76 bits per heavy atom. The number of nitrogen functional groups attached to an aromatic ring is 1. The molecule has 7 nitrogen and oxygen atoms in total. The molecule has 4 N–H and O–H groups in total. The van der Waals surface area contributed by atoms with Crippen molar-refractivity contribution in [1.29, 1.82) is 0 Å². The minimum atomic E-state index is -1.08. The second kappa shape index (κ2) is 4.02. The van der Waals surface area contributed by atoms with Gasteiger partial charge in [0.15, 0.2) is 5.65 Å². The Balaban J connectivity index is 2.75. The summed E-state index contributed by atoms with van der Waals surface area (Å²) in [6, 6.07) is 0.140. The van der Waals surface area contributed by atoms with Crippen LogP contribution in [0.5, 0.6) is 0 Å². The molecule has 0 radical (unpaired) electrons. The average Bonchev–Trinajstić information content (AvgIpc) is 2.70. The molecule has 0 aliphatic carbocycles. The fraction of sp³-hybridized carbons (Fsp3) is 0.300. The van der Waals surface area contributed by atoms with Gasteiger partial charge in [0, 0.05) is 12.2 Å². The summed E-state index contributed by atoms with van der Waals surface area (Å²) in [6.45, 7) is 3.93. The van der Waals surface area contributed by atoms with Crippen LogP contribution in [-0.4, -0.2) is 25.8 Å². The van der Waals surface area contributed by atoms with Crippen LogP contribution >= 0.6 is 0 Å². The molecule has 0 saturated carbocycles. The molecule has 0 bridgehead atoms. The van der Waals surface area contributed by atoms with Crippen molar-refractivity contribution in [2.45, 2.75) is 19.9 Å². The van der Waals surface area contributed by atoms with Crippen LogP contribution in [0.1, 0.15) is 30.2 Å². The Hall–Kier alpha value is -2.15. The molecule has 0 atom stereocenters. The van der Waals surface area contributed by atoms with Gasteiger partial charge in [-0.1, -0.05) is 0 Å². The summed E-state index contributed by atoms with van der Waals surface area (Å²) >= 11 is 0. The van der Waals surface area contributed by atoms with E-state index in [4.69, 9.17) is 10.9 Å². The second-order valence-electron chi connectivity index (χ2n) is 3.92. The normalized spacial score (nSPS) is 11.1. The van der Waals surface area contributed by atoms with Crippen molar-refractivity contribution in [2.75, 3.05) is 5.43 Å². The van der Waals surface area contributed by atoms with Gasteiger partial charge in [-0.2, -0.15) is 5.10 Å². The van der Waals surface area contributed by atoms with Gasteiger partial charge >= 0.3 is 5.97 Å². The molecular weight excluding hydrogens is 222 g/mol. The number of hydrogen-bond donors (Lipinski definition) is 3. The number of hydrogen-bond acceptors (Lipinski definition) is 5. The van der Waals surface area contributed by atoms with E-state index < -0.39 is 5.97 Å². The quantitative estimate of drug-likeness (QED) is 0.541. The minimum Gasteiger partial charge on any atom is -0.478 e. The number of nitrogens with zero attached hydrogens (tertiary/aromatic N) is 3. The van der Waals surface area contributed by atoms with Gasteiger partial charge in [-0.15, -0.1) is 0 Å². The van der Waals surface area contributed by atoms with Crippen LogP contribution in [0.15, 0.2) is 12.4 Å². The molecule has 2 aromatic rings. The Morgan fingerprint density at radius 1 is 1.53 bits per heavy atom. The van der Waals surface area contributed by atoms with Crippen molar-refractivity contribution in [2.24, 2.45) is 5.84 Å². The lowest BCUT2D eigenvalue weighted by Crippen LogP contribution is -2.13. The fourth-order valence-corrected chi connectivity index (χ4v) is 1.69. The fourth-order valence-electron chi connectivity index (χ4n) is 1.69. The minimum absolute atomic E-state index is 0.0308. The van der Waals surface area contributed by atoms with E-state index in [1.165, 1.54) is 6.20 Å². The van der Waals surface area contributed by atoms with E-state index >= 15 is 0 Å². The smallest absolute Gasteiger partial charge is 0.339 e. The molecule has 90 valence electrons. The van der Waals surface area contributed by atoms with Gasteiger partial charge < -0.3 is 10.5 Å². The van der Waals surface area contributed by atoms with Crippen molar-refractivity contribution < 1.29 is 9.90 Å². The number of nitrogens with one attached hydrogen (secondary N) is 1. The first-order chi connectivity index (χ1) is 8.06. The van der Waals surface area contributed by atoms with E-state index in [1.54, 1.807) is 10.9 Å². The lowest BCUT2D eigenvalue weighted by molar-refractivity contribution is 0.0697. The van der Waals surface area contributed by atoms with Crippen LogP contribution in [0, 0.1) is 0 Å². The number of rotatable bonds is 3. The number of nitrogens with two attached hydrogens (primary N) is 1. The van der Waals surface area contributed by atoms with Gasteiger partial charge in [-0.3, -0.25) is 5.84 Å². The molecule has 0 fully saturated rings. The maximum absolute atomic E-state index is 11.0. The lowest BCUT2D eigenvalue weighted by Gasteiger charge is -2.08. The van der Waals surface area contributed by atoms with Gasteiger partial charge in [-0.05, 0) is 13.8 Å². The zero-order chi connectivity index (χ0) is 12.6. The largest absolute Gasteiger partial charge is 0.478 e. The highest BCUT2D eigenvalue weighted by Crippen LogP contribution is 2.26. The number of aromatic nitrogens is 3.